The molecule has 11 heavy (non-hydrogen) atoms. The lowest BCUT2D eigenvalue weighted by atomic mass is 10.5. The predicted molar refractivity (Wildman–Crippen MR) is 35.7 cm³/mol. The van der Waals surface area contributed by atoms with E-state index in [1.165, 1.54) is 0 Å². The van der Waals surface area contributed by atoms with Gasteiger partial charge in [-0.1, -0.05) is 6.92 Å². The molecular formula is C6H8N2O3. The second kappa shape index (κ2) is 2.61. The molecule has 0 aromatic carbocycles. The monoisotopic (exact) mass is 156 g/mol. The minimum atomic E-state index is -1.13. The second-order valence-electron chi connectivity index (χ2n) is 2.05. The Morgan fingerprint density at radius 2 is 2.45 bits per heavy atom. The number of imidazole rings is 1. The molecule has 1 rings (SSSR count). The molecule has 1 aromatic rings. The molecule has 0 unspecified atom stereocenters. The number of carboxylic acid groups (broad SMARTS) is 1. The summed E-state index contributed by atoms with van der Waals surface area (Å²) in [4.78, 5) is 13.9. The van der Waals surface area contributed by atoms with Crippen LogP contribution in [0.25, 0.3) is 0 Å². The lowest BCUT2D eigenvalue weighted by Crippen LogP contribution is -1.96. The van der Waals surface area contributed by atoms with Crippen LogP contribution in [0, 0.1) is 0 Å². The van der Waals surface area contributed by atoms with Gasteiger partial charge in [0.05, 0.1) is 6.20 Å². The van der Waals surface area contributed by atoms with Crippen LogP contribution in [0.1, 0.15) is 23.2 Å². The molecule has 0 fully saturated rings. The van der Waals surface area contributed by atoms with E-state index in [1.807, 2.05) is 0 Å². The Bertz CT molecular complexity index is 279. The van der Waals surface area contributed by atoms with E-state index in [0.29, 0.717) is 12.2 Å². The average molecular weight is 156 g/mol. The maximum atomic E-state index is 10.3. The van der Waals surface area contributed by atoms with Crippen molar-refractivity contribution in [2.75, 3.05) is 0 Å². The first kappa shape index (κ1) is 7.59. The minimum Gasteiger partial charge on any atom is -0.476 e. The van der Waals surface area contributed by atoms with Crippen molar-refractivity contribution in [2.24, 2.45) is 0 Å². The first-order valence-corrected chi connectivity index (χ1v) is 3.16. The Kier molecular flexibility index (Phi) is 1.80. The van der Waals surface area contributed by atoms with E-state index in [-0.39, 0.29) is 5.69 Å². The Labute approximate surface area is 62.9 Å². The normalized spacial score (nSPS) is 9.91. The summed E-state index contributed by atoms with van der Waals surface area (Å²) in [5.41, 5.74) is -0.135. The highest BCUT2D eigenvalue weighted by Gasteiger charge is 2.10. The van der Waals surface area contributed by atoms with Gasteiger partial charge in [0.1, 0.15) is 5.82 Å². The SMILES string of the molecule is CCc1nc(C(=O)O)cn1O. The fraction of sp³-hybridized carbons (Fsp3) is 0.333. The Hall–Kier alpha value is -1.52. The summed E-state index contributed by atoms with van der Waals surface area (Å²) in [6.45, 7) is 1.78. The van der Waals surface area contributed by atoms with E-state index >= 15 is 0 Å². The third kappa shape index (κ3) is 1.31. The third-order valence-electron chi connectivity index (χ3n) is 1.29. The fourth-order valence-corrected chi connectivity index (χ4v) is 0.754. The third-order valence-corrected chi connectivity index (χ3v) is 1.29. The summed E-state index contributed by atoms with van der Waals surface area (Å²) < 4.78 is 0.726. The number of rotatable bonds is 2. The molecule has 0 spiro atoms. The average Bonchev–Trinajstić information content (AvgIpc) is 2.31. The van der Waals surface area contributed by atoms with E-state index in [4.69, 9.17) is 10.3 Å². The number of carboxylic acids is 1. The van der Waals surface area contributed by atoms with Gasteiger partial charge in [0.2, 0.25) is 0 Å². The number of nitrogens with zero attached hydrogens (tertiary/aromatic N) is 2. The maximum absolute atomic E-state index is 10.3. The molecule has 5 nitrogen and oxygen atoms in total. The highest BCUT2D eigenvalue weighted by atomic mass is 16.5. The molecule has 0 saturated heterocycles. The highest BCUT2D eigenvalue weighted by molar-refractivity contribution is 5.85. The molecule has 1 aromatic heterocycles. The molecule has 0 saturated carbocycles. The highest BCUT2D eigenvalue weighted by Crippen LogP contribution is 2.00. The first-order valence-electron chi connectivity index (χ1n) is 3.16. The molecule has 0 atom stereocenters. The summed E-state index contributed by atoms with van der Waals surface area (Å²) in [5, 5.41) is 17.4. The van der Waals surface area contributed by atoms with Crippen LogP contribution < -0.4 is 0 Å². The molecule has 1 heterocycles. The molecule has 5 heteroatoms. The van der Waals surface area contributed by atoms with Crippen molar-refractivity contribution in [3.63, 3.8) is 0 Å². The molecule has 0 aliphatic heterocycles. The van der Waals surface area contributed by atoms with Crippen LogP contribution in [0.2, 0.25) is 0 Å². The Morgan fingerprint density at radius 1 is 1.82 bits per heavy atom. The Balaban J connectivity index is 3.05. The van der Waals surface area contributed by atoms with E-state index in [2.05, 4.69) is 4.98 Å². The maximum Gasteiger partial charge on any atom is 0.356 e. The van der Waals surface area contributed by atoms with Gasteiger partial charge < -0.3 is 10.3 Å². The number of aromatic carboxylic acids is 1. The Morgan fingerprint density at radius 3 is 2.73 bits per heavy atom. The second-order valence-corrected chi connectivity index (χ2v) is 2.05. The van der Waals surface area contributed by atoms with E-state index < -0.39 is 5.97 Å². The van der Waals surface area contributed by atoms with Crippen molar-refractivity contribution in [1.82, 2.24) is 9.71 Å². The molecule has 0 amide bonds. The lowest BCUT2D eigenvalue weighted by molar-refractivity contribution is 0.0689. The molecule has 2 N–H and O–H groups in total. The quantitative estimate of drug-likeness (QED) is 0.607. The molecule has 0 aliphatic carbocycles. The molecule has 0 aliphatic rings. The molecular weight excluding hydrogens is 148 g/mol. The van der Waals surface area contributed by atoms with E-state index in [9.17, 15) is 4.79 Å². The van der Waals surface area contributed by atoms with E-state index in [1.54, 1.807) is 6.92 Å². The first-order chi connectivity index (χ1) is 5.15. The van der Waals surface area contributed by atoms with Gasteiger partial charge in [-0.3, -0.25) is 0 Å². The van der Waals surface area contributed by atoms with Gasteiger partial charge in [0, 0.05) is 6.42 Å². The summed E-state index contributed by atoms with van der Waals surface area (Å²) in [6, 6.07) is 0. The van der Waals surface area contributed by atoms with Gasteiger partial charge in [-0.05, 0) is 0 Å². The summed E-state index contributed by atoms with van der Waals surface area (Å²) in [5.74, 6) is -0.783. The smallest absolute Gasteiger partial charge is 0.356 e. The topological polar surface area (TPSA) is 75.3 Å². The molecule has 0 bridgehead atoms. The van der Waals surface area contributed by atoms with Gasteiger partial charge in [-0.25, -0.2) is 9.78 Å². The molecule has 60 valence electrons. The van der Waals surface area contributed by atoms with Crippen molar-refractivity contribution in [2.45, 2.75) is 13.3 Å². The van der Waals surface area contributed by atoms with Gasteiger partial charge in [0.25, 0.3) is 0 Å². The fourth-order valence-electron chi connectivity index (χ4n) is 0.754. The largest absolute Gasteiger partial charge is 0.476 e. The van der Waals surface area contributed by atoms with E-state index in [0.717, 1.165) is 10.9 Å². The van der Waals surface area contributed by atoms with Crippen LogP contribution in [-0.2, 0) is 6.42 Å². The van der Waals surface area contributed by atoms with Gasteiger partial charge >= 0.3 is 5.97 Å². The number of aromatic nitrogens is 2. The predicted octanol–water partition coefficient (Wildman–Crippen LogP) is 0.381. The summed E-state index contributed by atoms with van der Waals surface area (Å²) in [7, 11) is 0. The van der Waals surface area contributed by atoms with Crippen LogP contribution in [0.3, 0.4) is 0 Å². The standard InChI is InChI=1S/C6H8N2O3/c1-2-5-7-4(6(9)10)3-8(5)11/h3,11H,2H2,1H3,(H,9,10). The van der Waals surface area contributed by atoms with Crippen molar-refractivity contribution in [3.05, 3.63) is 17.7 Å². The lowest BCUT2D eigenvalue weighted by Gasteiger charge is -1.91. The van der Waals surface area contributed by atoms with Crippen LogP contribution in [0.15, 0.2) is 6.20 Å². The number of aryl methyl sites for hydroxylation is 1. The zero-order chi connectivity index (χ0) is 8.43. The molecule has 0 radical (unpaired) electrons. The van der Waals surface area contributed by atoms with Crippen molar-refractivity contribution < 1.29 is 15.1 Å². The van der Waals surface area contributed by atoms with Gasteiger partial charge in [0.15, 0.2) is 5.69 Å². The number of hydrogen-bond donors (Lipinski definition) is 2. The summed E-state index contributed by atoms with van der Waals surface area (Å²) >= 11 is 0. The van der Waals surface area contributed by atoms with Gasteiger partial charge in [-0.2, -0.15) is 4.73 Å². The van der Waals surface area contributed by atoms with Crippen LogP contribution >= 0.6 is 0 Å². The van der Waals surface area contributed by atoms with Crippen molar-refractivity contribution >= 4 is 5.97 Å². The van der Waals surface area contributed by atoms with Gasteiger partial charge in [-0.15, -0.1) is 0 Å². The van der Waals surface area contributed by atoms with Crippen LogP contribution in [-0.4, -0.2) is 26.0 Å². The number of hydrogen-bond acceptors (Lipinski definition) is 3. The zero-order valence-electron chi connectivity index (χ0n) is 5.98. The minimum absolute atomic E-state index is 0.135. The van der Waals surface area contributed by atoms with Crippen molar-refractivity contribution in [3.8, 4) is 0 Å². The van der Waals surface area contributed by atoms with Crippen LogP contribution in [0.5, 0.6) is 0 Å². The summed E-state index contributed by atoms with van der Waals surface area (Å²) in [6.07, 6.45) is 1.57. The van der Waals surface area contributed by atoms with Crippen molar-refractivity contribution in [1.29, 1.82) is 0 Å². The number of carbonyl (C=O) groups is 1. The van der Waals surface area contributed by atoms with Crippen LogP contribution in [0.4, 0.5) is 0 Å². The zero-order valence-corrected chi connectivity index (χ0v) is 5.98.